The predicted molar refractivity (Wildman–Crippen MR) is 118 cm³/mol. The summed E-state index contributed by atoms with van der Waals surface area (Å²) in [6, 6.07) is 31.8. The second-order valence-electron chi connectivity index (χ2n) is 7.73. The maximum atomic E-state index is 12.7. The van der Waals surface area contributed by atoms with Crippen LogP contribution in [0.5, 0.6) is 0 Å². The van der Waals surface area contributed by atoms with E-state index in [0.29, 0.717) is 6.29 Å². The number of amides is 1. The molecule has 0 aromatic heterocycles. The van der Waals surface area contributed by atoms with Crippen molar-refractivity contribution in [3.63, 3.8) is 0 Å². The van der Waals surface area contributed by atoms with Crippen LogP contribution in [0.15, 0.2) is 91.0 Å². The monoisotopic (exact) mass is 411 g/mol. The van der Waals surface area contributed by atoms with E-state index in [1.54, 1.807) is 0 Å². The first-order valence-corrected chi connectivity index (χ1v) is 11.3. The van der Waals surface area contributed by atoms with Crippen LogP contribution in [-0.4, -0.2) is 12.2 Å². The molecule has 0 bridgehead atoms. The van der Waals surface area contributed by atoms with Crippen LogP contribution in [0.25, 0.3) is 0 Å². The fourth-order valence-electron chi connectivity index (χ4n) is 3.22. The molecule has 0 fully saturated rings. The molecule has 0 unspecified atom stereocenters. The van der Waals surface area contributed by atoms with Gasteiger partial charge in [-0.2, -0.15) is 0 Å². The number of nitrogens with one attached hydrogen (secondary N) is 1. The van der Waals surface area contributed by atoms with Crippen LogP contribution >= 0.6 is 7.26 Å². The maximum absolute atomic E-state index is 12.7. The number of benzene rings is 3. The lowest BCUT2D eigenvalue weighted by atomic mass is 9.96. The van der Waals surface area contributed by atoms with Gasteiger partial charge in [0.15, 0.2) is 0 Å². The molecule has 3 aromatic rings. The normalized spacial score (nSPS) is 11.4. The van der Waals surface area contributed by atoms with Gasteiger partial charge in [-0.3, -0.25) is 4.79 Å². The minimum atomic E-state index is -2.01. The first kappa shape index (κ1) is 22.1. The van der Waals surface area contributed by atoms with E-state index in [1.165, 1.54) is 15.9 Å². The molecule has 0 heterocycles. The van der Waals surface area contributed by atoms with Crippen molar-refractivity contribution in [3.05, 3.63) is 91.0 Å². The SMILES string of the molecule is CC(C)(C)C(=O)NC[P+](c1ccccc1)(c1ccccc1)c1ccccc1.[Cl-]. The molecule has 0 aliphatic heterocycles. The summed E-state index contributed by atoms with van der Waals surface area (Å²) >= 11 is 0. The van der Waals surface area contributed by atoms with Crippen molar-refractivity contribution in [3.8, 4) is 0 Å². The molecule has 2 nitrogen and oxygen atoms in total. The Morgan fingerprint density at radius 3 is 1.32 bits per heavy atom. The van der Waals surface area contributed by atoms with Crippen molar-refractivity contribution in [2.75, 3.05) is 6.29 Å². The Hall–Kier alpha value is -2.15. The van der Waals surface area contributed by atoms with Crippen LogP contribution in [0, 0.1) is 5.41 Å². The highest BCUT2D eigenvalue weighted by molar-refractivity contribution is 7.95. The van der Waals surface area contributed by atoms with Gasteiger partial charge in [0.1, 0.15) is 29.5 Å². The topological polar surface area (TPSA) is 29.1 Å². The summed E-state index contributed by atoms with van der Waals surface area (Å²) in [5, 5.41) is 7.09. The van der Waals surface area contributed by atoms with Crippen LogP contribution in [0.4, 0.5) is 0 Å². The summed E-state index contributed by atoms with van der Waals surface area (Å²) in [6.07, 6.45) is 0.612. The molecular formula is C24H27ClNOP. The third-order valence-corrected chi connectivity index (χ3v) is 8.92. The van der Waals surface area contributed by atoms with E-state index in [2.05, 4.69) is 78.1 Å². The fourth-order valence-corrected chi connectivity index (χ4v) is 7.09. The molecule has 0 saturated heterocycles. The second-order valence-corrected chi connectivity index (χ2v) is 11.2. The van der Waals surface area contributed by atoms with Crippen molar-refractivity contribution in [2.45, 2.75) is 20.8 Å². The molecule has 146 valence electrons. The van der Waals surface area contributed by atoms with Crippen molar-refractivity contribution >= 4 is 29.1 Å². The Balaban J connectivity index is 0.00000280. The zero-order valence-corrected chi connectivity index (χ0v) is 18.3. The Labute approximate surface area is 175 Å². The highest BCUT2D eigenvalue weighted by atomic mass is 35.5. The van der Waals surface area contributed by atoms with Crippen LogP contribution in [0.1, 0.15) is 20.8 Å². The first-order valence-electron chi connectivity index (χ1n) is 9.28. The number of halogens is 1. The van der Waals surface area contributed by atoms with Crippen LogP contribution < -0.4 is 33.6 Å². The molecule has 1 amide bonds. The first-order chi connectivity index (χ1) is 12.9. The van der Waals surface area contributed by atoms with Gasteiger partial charge in [-0.05, 0) is 36.4 Å². The molecule has 0 saturated carbocycles. The molecule has 3 aromatic carbocycles. The summed E-state index contributed by atoms with van der Waals surface area (Å²) in [6.45, 7) is 5.86. The standard InChI is InChI=1S/C24H26NOP.ClH/c1-24(2,3)23(26)25-19-27(20-13-7-4-8-14-20,21-15-9-5-10-16-21)22-17-11-6-12-18-22;/h4-18H,19H2,1-3H3;1H. The molecule has 0 spiro atoms. The fraction of sp³-hybridized carbons (Fsp3) is 0.208. The van der Waals surface area contributed by atoms with Crippen molar-refractivity contribution in [1.29, 1.82) is 0 Å². The van der Waals surface area contributed by atoms with E-state index in [4.69, 9.17) is 0 Å². The van der Waals surface area contributed by atoms with E-state index < -0.39 is 12.7 Å². The Morgan fingerprint density at radius 1 is 0.714 bits per heavy atom. The molecule has 28 heavy (non-hydrogen) atoms. The van der Waals surface area contributed by atoms with Crippen molar-refractivity contribution < 1.29 is 17.2 Å². The van der Waals surface area contributed by atoms with Crippen LogP contribution in [-0.2, 0) is 4.79 Å². The summed E-state index contributed by atoms with van der Waals surface area (Å²) in [5.74, 6) is 0.0784. The van der Waals surface area contributed by atoms with E-state index in [9.17, 15) is 4.79 Å². The minimum Gasteiger partial charge on any atom is -1.00 e. The quantitative estimate of drug-likeness (QED) is 0.626. The Kier molecular flexibility index (Phi) is 7.41. The average Bonchev–Trinajstić information content (AvgIpc) is 2.70. The third-order valence-electron chi connectivity index (χ3n) is 4.75. The van der Waals surface area contributed by atoms with Crippen molar-refractivity contribution in [2.24, 2.45) is 5.41 Å². The number of hydrogen-bond acceptors (Lipinski definition) is 1. The van der Waals surface area contributed by atoms with Gasteiger partial charge in [0, 0.05) is 5.41 Å². The Morgan fingerprint density at radius 2 is 1.04 bits per heavy atom. The third kappa shape index (κ3) is 4.63. The molecule has 3 rings (SSSR count). The van der Waals surface area contributed by atoms with Gasteiger partial charge in [-0.25, -0.2) is 0 Å². The van der Waals surface area contributed by atoms with Gasteiger partial charge in [0.2, 0.25) is 5.91 Å². The lowest BCUT2D eigenvalue weighted by Gasteiger charge is -2.29. The predicted octanol–water partition coefficient (Wildman–Crippen LogP) is 1.10. The molecule has 1 N–H and O–H groups in total. The minimum absolute atomic E-state index is 0. The summed E-state index contributed by atoms with van der Waals surface area (Å²) < 4.78 is 0. The van der Waals surface area contributed by atoms with Crippen LogP contribution in [0.2, 0.25) is 0 Å². The van der Waals surface area contributed by atoms with Crippen LogP contribution in [0.3, 0.4) is 0 Å². The Bertz CT molecular complexity index is 780. The lowest BCUT2D eigenvalue weighted by molar-refractivity contribution is -0.128. The molecular weight excluding hydrogens is 385 g/mol. The zero-order valence-electron chi connectivity index (χ0n) is 16.6. The molecule has 0 radical (unpaired) electrons. The van der Waals surface area contributed by atoms with Gasteiger partial charge in [0.05, 0.1) is 0 Å². The largest absolute Gasteiger partial charge is 1.00 e. The van der Waals surface area contributed by atoms with E-state index >= 15 is 0 Å². The second kappa shape index (κ2) is 9.37. The van der Waals surface area contributed by atoms with E-state index in [-0.39, 0.29) is 18.3 Å². The molecule has 0 atom stereocenters. The zero-order chi connectivity index (χ0) is 19.3. The van der Waals surface area contributed by atoms with Gasteiger partial charge >= 0.3 is 0 Å². The summed E-state index contributed by atoms with van der Waals surface area (Å²) in [5.41, 5.74) is -0.417. The maximum Gasteiger partial charge on any atom is 0.228 e. The number of rotatable bonds is 5. The summed E-state index contributed by atoms with van der Waals surface area (Å²) in [7, 11) is -2.01. The molecule has 0 aliphatic rings. The number of hydrogen-bond donors (Lipinski definition) is 1. The van der Waals surface area contributed by atoms with Gasteiger partial charge in [-0.1, -0.05) is 75.4 Å². The molecule has 0 aliphatic carbocycles. The smallest absolute Gasteiger partial charge is 0.228 e. The number of carbonyl (C=O) groups is 1. The van der Waals surface area contributed by atoms with Gasteiger partial charge in [-0.15, -0.1) is 0 Å². The molecule has 4 heteroatoms. The average molecular weight is 412 g/mol. The highest BCUT2D eigenvalue weighted by Gasteiger charge is 2.46. The van der Waals surface area contributed by atoms with Gasteiger partial charge < -0.3 is 17.7 Å². The lowest BCUT2D eigenvalue weighted by Crippen LogP contribution is -3.00. The van der Waals surface area contributed by atoms with Gasteiger partial charge in [0.25, 0.3) is 0 Å². The van der Waals surface area contributed by atoms with Crippen molar-refractivity contribution in [1.82, 2.24) is 5.32 Å². The summed E-state index contributed by atoms with van der Waals surface area (Å²) in [4.78, 5) is 12.7. The van der Waals surface area contributed by atoms with E-state index in [1.807, 2.05) is 39.0 Å². The highest BCUT2D eigenvalue weighted by Crippen LogP contribution is 2.54. The number of carbonyl (C=O) groups excluding carboxylic acids is 1. The van der Waals surface area contributed by atoms with E-state index in [0.717, 1.165) is 0 Å².